The zero-order valence-corrected chi connectivity index (χ0v) is 17.2. The number of halogens is 2. The van der Waals surface area contributed by atoms with Gasteiger partial charge in [-0.25, -0.2) is 8.78 Å². The van der Waals surface area contributed by atoms with Crippen LogP contribution in [0.4, 0.5) is 8.78 Å². The molecule has 0 aromatic heterocycles. The normalized spacial score (nSPS) is 14.8. The van der Waals surface area contributed by atoms with Gasteiger partial charge in [0.1, 0.15) is 16.7 Å². The van der Waals surface area contributed by atoms with Crippen molar-refractivity contribution in [2.75, 3.05) is 0 Å². The highest BCUT2D eigenvalue weighted by atomic mass is 32.2. The third-order valence-electron chi connectivity index (χ3n) is 4.43. The Morgan fingerprint density at radius 1 is 0.967 bits per heavy atom. The molecule has 1 saturated heterocycles. The minimum atomic E-state index is -0.923. The van der Waals surface area contributed by atoms with Crippen molar-refractivity contribution in [3.05, 3.63) is 94.4 Å². The molecule has 0 radical (unpaired) electrons. The predicted molar refractivity (Wildman–Crippen MR) is 119 cm³/mol. The number of hydrogen-bond acceptors (Lipinski definition) is 4. The summed E-state index contributed by atoms with van der Waals surface area (Å²) in [6.07, 6.45) is 1.68. The van der Waals surface area contributed by atoms with Crippen molar-refractivity contribution < 1.29 is 18.3 Å². The van der Waals surface area contributed by atoms with Crippen LogP contribution in [0.1, 0.15) is 11.1 Å². The number of thiocarbonyl (C=S) groups is 1. The number of rotatable bonds is 5. The first kappa shape index (κ1) is 20.3. The summed E-state index contributed by atoms with van der Waals surface area (Å²) < 4.78 is 33.4. The van der Waals surface area contributed by atoms with Gasteiger partial charge in [0.2, 0.25) is 0 Å². The molecule has 1 aliphatic heterocycles. The fourth-order valence-corrected chi connectivity index (χ4v) is 3.98. The first-order valence-corrected chi connectivity index (χ1v) is 10.2. The fraction of sp³-hybridized carbons (Fsp3) is 0.0435. The van der Waals surface area contributed by atoms with Crippen molar-refractivity contribution in [2.45, 2.75) is 6.61 Å². The number of amides is 1. The van der Waals surface area contributed by atoms with Crippen LogP contribution in [0.25, 0.3) is 17.2 Å². The second-order valence-corrected chi connectivity index (χ2v) is 8.23. The largest absolute Gasteiger partial charge is 0.488 e. The molecule has 3 aromatic rings. The van der Waals surface area contributed by atoms with Gasteiger partial charge in [-0.2, -0.15) is 0 Å². The van der Waals surface area contributed by atoms with Crippen molar-refractivity contribution in [1.82, 2.24) is 5.32 Å². The standard InChI is InChI=1S/C23H15F2NO2S2/c24-18-8-6-16(11-19(18)25)15-7-9-20(28-13-14-4-2-1-3-5-14)17(10-15)12-21-22(27)26-23(29)30-21/h1-12H,13H2,(H,26,27,29)/b21-12-. The molecule has 1 N–H and O–H groups in total. The molecule has 1 amide bonds. The molecule has 0 saturated carbocycles. The maximum absolute atomic E-state index is 13.7. The lowest BCUT2D eigenvalue weighted by atomic mass is 10.0. The van der Waals surface area contributed by atoms with Crippen LogP contribution in [0.2, 0.25) is 0 Å². The fourth-order valence-electron chi connectivity index (χ4n) is 2.95. The number of benzene rings is 3. The smallest absolute Gasteiger partial charge is 0.263 e. The molecule has 1 fully saturated rings. The molecule has 0 spiro atoms. The average molecular weight is 440 g/mol. The number of nitrogens with one attached hydrogen (secondary N) is 1. The van der Waals surface area contributed by atoms with Gasteiger partial charge in [-0.3, -0.25) is 4.79 Å². The predicted octanol–water partition coefficient (Wildman–Crippen LogP) is 5.70. The van der Waals surface area contributed by atoms with Crippen LogP contribution in [0.3, 0.4) is 0 Å². The van der Waals surface area contributed by atoms with Crippen LogP contribution in [0, 0.1) is 11.6 Å². The van der Waals surface area contributed by atoms with Gasteiger partial charge in [0.05, 0.1) is 4.91 Å². The van der Waals surface area contributed by atoms with Crippen LogP contribution in [0.5, 0.6) is 5.75 Å². The van der Waals surface area contributed by atoms with Gasteiger partial charge in [-0.1, -0.05) is 66.4 Å². The SMILES string of the molecule is O=C1NC(=S)S/C1=C\c1cc(-c2ccc(F)c(F)c2)ccc1OCc1ccccc1. The van der Waals surface area contributed by atoms with Crippen molar-refractivity contribution >= 4 is 40.3 Å². The quantitative estimate of drug-likeness (QED) is 0.409. The first-order valence-electron chi connectivity index (χ1n) is 9.00. The summed E-state index contributed by atoms with van der Waals surface area (Å²) in [5.41, 5.74) is 2.81. The molecule has 0 unspecified atom stereocenters. The highest BCUT2D eigenvalue weighted by Gasteiger charge is 2.22. The molecule has 0 atom stereocenters. The monoisotopic (exact) mass is 439 g/mol. The average Bonchev–Trinajstić information content (AvgIpc) is 3.06. The van der Waals surface area contributed by atoms with E-state index in [2.05, 4.69) is 5.32 Å². The van der Waals surface area contributed by atoms with Crippen molar-refractivity contribution in [2.24, 2.45) is 0 Å². The molecular formula is C23H15F2NO2S2. The molecule has 4 rings (SSSR count). The molecule has 3 nitrogen and oxygen atoms in total. The lowest BCUT2D eigenvalue weighted by Gasteiger charge is -2.12. The highest BCUT2D eigenvalue weighted by Crippen LogP contribution is 2.33. The molecule has 0 bridgehead atoms. The van der Waals surface area contributed by atoms with Crippen LogP contribution in [-0.2, 0) is 11.4 Å². The third kappa shape index (κ3) is 4.58. The highest BCUT2D eigenvalue weighted by molar-refractivity contribution is 8.26. The van der Waals surface area contributed by atoms with Gasteiger partial charge in [0, 0.05) is 5.56 Å². The molecule has 1 heterocycles. The Morgan fingerprint density at radius 2 is 1.70 bits per heavy atom. The second-order valence-electron chi connectivity index (χ2n) is 6.51. The molecule has 150 valence electrons. The van der Waals surface area contributed by atoms with Crippen LogP contribution in [0.15, 0.2) is 71.6 Å². The third-order valence-corrected chi connectivity index (χ3v) is 5.59. The molecule has 30 heavy (non-hydrogen) atoms. The van der Waals surface area contributed by atoms with E-state index < -0.39 is 11.6 Å². The Hall–Kier alpha value is -3.03. The minimum absolute atomic E-state index is 0.280. The molecule has 3 aromatic carbocycles. The maximum atomic E-state index is 13.7. The lowest BCUT2D eigenvalue weighted by Crippen LogP contribution is -2.17. The summed E-state index contributed by atoms with van der Waals surface area (Å²) in [6, 6.07) is 18.7. The molecule has 0 aliphatic carbocycles. The second kappa shape index (κ2) is 8.77. The van der Waals surface area contributed by atoms with Gasteiger partial charge in [-0.05, 0) is 47.0 Å². The molecular weight excluding hydrogens is 424 g/mol. The topological polar surface area (TPSA) is 38.3 Å². The Bertz CT molecular complexity index is 1160. The van der Waals surface area contributed by atoms with Crippen molar-refractivity contribution in [3.8, 4) is 16.9 Å². The zero-order chi connectivity index (χ0) is 21.1. The van der Waals surface area contributed by atoms with Gasteiger partial charge in [0.15, 0.2) is 11.6 Å². The van der Waals surface area contributed by atoms with Crippen LogP contribution >= 0.6 is 24.0 Å². The summed E-state index contributed by atoms with van der Waals surface area (Å²) >= 11 is 6.21. The summed E-state index contributed by atoms with van der Waals surface area (Å²) in [5.74, 6) is -1.55. The van der Waals surface area contributed by atoms with Crippen molar-refractivity contribution in [3.63, 3.8) is 0 Å². The van der Waals surface area contributed by atoms with E-state index in [1.807, 2.05) is 30.3 Å². The minimum Gasteiger partial charge on any atom is -0.488 e. The van der Waals surface area contributed by atoms with E-state index in [1.165, 1.54) is 6.07 Å². The van der Waals surface area contributed by atoms with E-state index in [0.717, 1.165) is 29.5 Å². The Morgan fingerprint density at radius 3 is 2.40 bits per heavy atom. The summed E-state index contributed by atoms with van der Waals surface area (Å²) in [7, 11) is 0. The number of ether oxygens (including phenoxy) is 1. The summed E-state index contributed by atoms with van der Waals surface area (Å²) in [4.78, 5) is 12.5. The van der Waals surface area contributed by atoms with Crippen LogP contribution in [-0.4, -0.2) is 10.2 Å². The van der Waals surface area contributed by atoms with Crippen LogP contribution < -0.4 is 10.1 Å². The van der Waals surface area contributed by atoms with E-state index in [1.54, 1.807) is 24.3 Å². The zero-order valence-electron chi connectivity index (χ0n) is 15.5. The van der Waals surface area contributed by atoms with Crippen molar-refractivity contribution in [1.29, 1.82) is 0 Å². The number of carbonyl (C=O) groups is 1. The molecule has 7 heteroatoms. The van der Waals surface area contributed by atoms with Gasteiger partial charge < -0.3 is 10.1 Å². The van der Waals surface area contributed by atoms with E-state index in [4.69, 9.17) is 17.0 Å². The summed E-state index contributed by atoms with van der Waals surface area (Å²) in [5, 5.41) is 2.58. The van der Waals surface area contributed by atoms with Gasteiger partial charge in [-0.15, -0.1) is 0 Å². The number of thioether (sulfide) groups is 1. The molecule has 1 aliphatic rings. The van der Waals surface area contributed by atoms with E-state index in [-0.39, 0.29) is 5.91 Å². The number of carbonyl (C=O) groups excluding carboxylic acids is 1. The first-order chi connectivity index (χ1) is 14.5. The Balaban J connectivity index is 1.71. The van der Waals surface area contributed by atoms with E-state index in [9.17, 15) is 13.6 Å². The van der Waals surface area contributed by atoms with Gasteiger partial charge >= 0.3 is 0 Å². The number of hydrogen-bond donors (Lipinski definition) is 1. The lowest BCUT2D eigenvalue weighted by molar-refractivity contribution is -0.115. The Kier molecular flexibility index (Phi) is 5.92. The van der Waals surface area contributed by atoms with Gasteiger partial charge in [0.25, 0.3) is 5.91 Å². The van der Waals surface area contributed by atoms with E-state index in [0.29, 0.717) is 38.3 Å². The Labute approximate surface area is 181 Å². The maximum Gasteiger partial charge on any atom is 0.263 e. The summed E-state index contributed by atoms with van der Waals surface area (Å²) in [6.45, 7) is 0.347. The van der Waals surface area contributed by atoms with E-state index >= 15 is 0 Å².